The maximum absolute atomic E-state index is 11.9. The summed E-state index contributed by atoms with van der Waals surface area (Å²) in [5.74, 6) is -0.997. The number of nitrogens with zero attached hydrogens (tertiary/aromatic N) is 2. The highest BCUT2D eigenvalue weighted by molar-refractivity contribution is 6.54. The SMILES string of the molecule is Cl.N=C(NN=C1C(=O)Nc2ccccc21)NN=C1C(=O)Nc2ccccc21. The molecule has 2 aliphatic heterocycles. The van der Waals surface area contributed by atoms with E-state index in [0.717, 1.165) is 0 Å². The summed E-state index contributed by atoms with van der Waals surface area (Å²) in [6.45, 7) is 0. The van der Waals surface area contributed by atoms with Gasteiger partial charge in [-0.2, -0.15) is 10.2 Å². The summed E-state index contributed by atoms with van der Waals surface area (Å²) in [5, 5.41) is 21.1. The number of guanidine groups is 1. The minimum atomic E-state index is -0.359. The fourth-order valence-corrected chi connectivity index (χ4v) is 2.68. The fourth-order valence-electron chi connectivity index (χ4n) is 2.68. The number of amides is 2. The van der Waals surface area contributed by atoms with Gasteiger partial charge in [0.05, 0.1) is 11.4 Å². The third-order valence-electron chi connectivity index (χ3n) is 3.85. The van der Waals surface area contributed by atoms with E-state index >= 15 is 0 Å². The highest BCUT2D eigenvalue weighted by Crippen LogP contribution is 2.23. The average Bonchev–Trinajstić information content (AvgIpc) is 3.13. The molecule has 0 atom stereocenters. The smallest absolute Gasteiger partial charge is 0.276 e. The number of nitrogens with one attached hydrogen (secondary N) is 5. The molecule has 0 aromatic heterocycles. The average molecular weight is 384 g/mol. The largest absolute Gasteiger partial charge is 0.320 e. The van der Waals surface area contributed by atoms with E-state index in [1.54, 1.807) is 48.5 Å². The van der Waals surface area contributed by atoms with Gasteiger partial charge in [0, 0.05) is 11.1 Å². The molecule has 0 spiro atoms. The van der Waals surface area contributed by atoms with E-state index < -0.39 is 0 Å². The van der Waals surface area contributed by atoms with Gasteiger partial charge in [-0.25, -0.2) is 10.9 Å². The molecule has 2 aromatic carbocycles. The first-order valence-electron chi connectivity index (χ1n) is 7.71. The molecule has 27 heavy (non-hydrogen) atoms. The third kappa shape index (κ3) is 3.35. The summed E-state index contributed by atoms with van der Waals surface area (Å²) in [5.41, 5.74) is 7.80. The Kier molecular flexibility index (Phi) is 4.86. The number of carbonyl (C=O) groups excluding carboxylic acids is 2. The molecule has 2 heterocycles. The van der Waals surface area contributed by atoms with Gasteiger partial charge in [-0.15, -0.1) is 12.4 Å². The lowest BCUT2D eigenvalue weighted by atomic mass is 10.1. The Balaban J connectivity index is 0.00000210. The first kappa shape index (κ1) is 18.1. The number of fused-ring (bicyclic) bond motifs is 2. The summed E-state index contributed by atoms with van der Waals surface area (Å²) in [6.07, 6.45) is 0. The Bertz CT molecular complexity index is 936. The zero-order valence-corrected chi connectivity index (χ0v) is 14.6. The normalized spacial score (nSPS) is 16.9. The van der Waals surface area contributed by atoms with Crippen molar-refractivity contribution in [3.05, 3.63) is 59.7 Å². The Labute approximate surface area is 159 Å². The maximum Gasteiger partial charge on any atom is 0.276 e. The zero-order chi connectivity index (χ0) is 18.1. The van der Waals surface area contributed by atoms with Crippen molar-refractivity contribution in [2.45, 2.75) is 0 Å². The Morgan fingerprint density at radius 1 is 0.778 bits per heavy atom. The van der Waals surface area contributed by atoms with Crippen LogP contribution in [0.25, 0.3) is 0 Å². The molecule has 2 aromatic rings. The van der Waals surface area contributed by atoms with Gasteiger partial charge in [-0.3, -0.25) is 15.0 Å². The third-order valence-corrected chi connectivity index (χ3v) is 3.85. The molecular weight excluding hydrogens is 370 g/mol. The lowest BCUT2D eigenvalue weighted by molar-refractivity contribution is -0.110. The zero-order valence-electron chi connectivity index (χ0n) is 13.7. The summed E-state index contributed by atoms with van der Waals surface area (Å²) >= 11 is 0. The van der Waals surface area contributed by atoms with Crippen LogP contribution in [0, 0.1) is 5.41 Å². The lowest BCUT2D eigenvalue weighted by Crippen LogP contribution is -2.33. The number of hydrazone groups is 2. The number of anilines is 2. The number of halogens is 1. The van der Waals surface area contributed by atoms with E-state index in [1.165, 1.54) is 0 Å². The van der Waals surface area contributed by atoms with E-state index in [2.05, 4.69) is 31.7 Å². The fraction of sp³-hybridized carbons (Fsp3) is 0. The van der Waals surface area contributed by atoms with Crippen LogP contribution in [0.2, 0.25) is 0 Å². The monoisotopic (exact) mass is 383 g/mol. The summed E-state index contributed by atoms with van der Waals surface area (Å²) in [6, 6.07) is 14.2. The molecule has 0 fully saturated rings. The molecule has 10 heteroatoms. The number of hydrogen-bond donors (Lipinski definition) is 5. The van der Waals surface area contributed by atoms with E-state index in [0.29, 0.717) is 22.5 Å². The van der Waals surface area contributed by atoms with E-state index in [-0.39, 0.29) is 41.6 Å². The van der Waals surface area contributed by atoms with Crippen LogP contribution in [0.4, 0.5) is 11.4 Å². The van der Waals surface area contributed by atoms with Gasteiger partial charge >= 0.3 is 0 Å². The molecule has 2 aliphatic rings. The van der Waals surface area contributed by atoms with Crippen molar-refractivity contribution in [1.29, 1.82) is 5.41 Å². The lowest BCUT2D eigenvalue weighted by Gasteiger charge is -2.03. The second kappa shape index (κ2) is 7.26. The Hall–Kier alpha value is -3.72. The van der Waals surface area contributed by atoms with Crippen LogP contribution in [0.1, 0.15) is 11.1 Å². The van der Waals surface area contributed by atoms with Crippen molar-refractivity contribution < 1.29 is 9.59 Å². The number of para-hydroxylation sites is 2. The summed E-state index contributed by atoms with van der Waals surface area (Å²) in [4.78, 5) is 23.9. The molecule has 0 aliphatic carbocycles. The first-order valence-corrected chi connectivity index (χ1v) is 7.71. The van der Waals surface area contributed by atoms with E-state index in [1.807, 2.05) is 0 Å². The Morgan fingerprint density at radius 3 is 1.63 bits per heavy atom. The molecule has 0 radical (unpaired) electrons. The standard InChI is InChI=1S/C17H13N7O2.ClH/c18-17(23-21-13-9-5-1-3-7-11(9)19-15(13)25)24-22-14-10-6-2-4-8-12(10)20-16(14)26;/h1-8H,(H3,18,23,24)(H,19,21,25)(H,20,22,26);1H. The minimum Gasteiger partial charge on any atom is -0.320 e. The molecule has 0 bridgehead atoms. The van der Waals surface area contributed by atoms with Crippen LogP contribution in [-0.2, 0) is 9.59 Å². The van der Waals surface area contributed by atoms with Crippen LogP contribution in [-0.4, -0.2) is 29.2 Å². The van der Waals surface area contributed by atoms with Crippen LogP contribution in [0.3, 0.4) is 0 Å². The quantitative estimate of drug-likeness (QED) is 0.303. The Morgan fingerprint density at radius 2 is 1.19 bits per heavy atom. The van der Waals surface area contributed by atoms with Crippen molar-refractivity contribution in [2.24, 2.45) is 10.2 Å². The van der Waals surface area contributed by atoms with Gasteiger partial charge in [0.1, 0.15) is 0 Å². The maximum atomic E-state index is 11.9. The summed E-state index contributed by atoms with van der Waals surface area (Å²) in [7, 11) is 0. The number of hydrogen-bond acceptors (Lipinski definition) is 5. The van der Waals surface area contributed by atoms with Crippen molar-refractivity contribution in [3.8, 4) is 0 Å². The van der Waals surface area contributed by atoms with Crippen molar-refractivity contribution in [1.82, 2.24) is 10.9 Å². The van der Waals surface area contributed by atoms with Crippen molar-refractivity contribution >= 4 is 53.0 Å². The molecule has 2 amide bonds. The van der Waals surface area contributed by atoms with E-state index in [9.17, 15) is 9.59 Å². The highest BCUT2D eigenvalue weighted by Gasteiger charge is 2.26. The minimum absolute atomic E-state index is 0. The molecular formula is C17H14ClN7O2. The molecule has 136 valence electrons. The van der Waals surface area contributed by atoms with Gasteiger partial charge < -0.3 is 10.6 Å². The molecule has 9 nitrogen and oxygen atoms in total. The predicted molar refractivity (Wildman–Crippen MR) is 104 cm³/mol. The van der Waals surface area contributed by atoms with Gasteiger partial charge in [0.15, 0.2) is 11.4 Å². The molecule has 0 saturated heterocycles. The van der Waals surface area contributed by atoms with Gasteiger partial charge in [0.25, 0.3) is 11.8 Å². The first-order chi connectivity index (χ1) is 12.6. The molecule has 4 rings (SSSR count). The number of benzene rings is 2. The van der Waals surface area contributed by atoms with E-state index in [4.69, 9.17) is 5.41 Å². The number of rotatable bonds is 2. The van der Waals surface area contributed by atoms with Crippen molar-refractivity contribution in [2.75, 3.05) is 10.6 Å². The summed E-state index contributed by atoms with van der Waals surface area (Å²) < 4.78 is 0. The van der Waals surface area contributed by atoms with Crippen molar-refractivity contribution in [3.63, 3.8) is 0 Å². The van der Waals surface area contributed by atoms with Crippen LogP contribution >= 0.6 is 12.4 Å². The highest BCUT2D eigenvalue weighted by atomic mass is 35.5. The molecule has 0 saturated carbocycles. The molecule has 5 N–H and O–H groups in total. The van der Waals surface area contributed by atoms with Crippen LogP contribution < -0.4 is 21.5 Å². The predicted octanol–water partition coefficient (Wildman–Crippen LogP) is 1.23. The van der Waals surface area contributed by atoms with Crippen LogP contribution in [0.15, 0.2) is 58.7 Å². The topological polar surface area (TPSA) is 131 Å². The van der Waals surface area contributed by atoms with Gasteiger partial charge in [-0.05, 0) is 12.1 Å². The van der Waals surface area contributed by atoms with Gasteiger partial charge in [0.2, 0.25) is 5.96 Å². The van der Waals surface area contributed by atoms with Crippen LogP contribution in [0.5, 0.6) is 0 Å². The second-order valence-electron chi connectivity index (χ2n) is 5.52. The second-order valence-corrected chi connectivity index (χ2v) is 5.52. The number of carbonyl (C=O) groups is 2. The molecule has 0 unspecified atom stereocenters. The van der Waals surface area contributed by atoms with Gasteiger partial charge in [-0.1, -0.05) is 36.4 Å².